The molecule has 50 heavy (non-hydrogen) atoms. The summed E-state index contributed by atoms with van der Waals surface area (Å²) in [6.45, 7) is 6.74. The van der Waals surface area contributed by atoms with E-state index in [1.165, 1.54) is 154 Å². The number of phosphoric ester groups is 1. The average Bonchev–Trinajstić information content (AvgIpc) is 3.07. The van der Waals surface area contributed by atoms with Gasteiger partial charge in [-0.2, -0.15) is 0 Å². The molecule has 300 valence electrons. The van der Waals surface area contributed by atoms with E-state index in [0.717, 1.165) is 25.7 Å². The van der Waals surface area contributed by atoms with Crippen LogP contribution in [0.25, 0.3) is 0 Å². The number of likely N-dealkylation sites (N-methyl/N-ethyl adjacent to an activating group) is 1. The number of hydrogen-bond acceptors (Lipinski definition) is 6. The molecule has 8 heteroatoms. The zero-order valence-electron chi connectivity index (χ0n) is 34.1. The predicted molar refractivity (Wildman–Crippen MR) is 213 cm³/mol. The molecule has 0 fully saturated rings. The van der Waals surface area contributed by atoms with E-state index in [9.17, 15) is 9.46 Å². The van der Waals surface area contributed by atoms with Crippen molar-refractivity contribution in [3.63, 3.8) is 0 Å². The molecular weight excluding hydrogens is 645 g/mol. The van der Waals surface area contributed by atoms with Crippen LogP contribution in [0.2, 0.25) is 0 Å². The molecule has 0 heterocycles. The van der Waals surface area contributed by atoms with Gasteiger partial charge in [-0.3, -0.25) is 4.57 Å². The second-order valence-electron chi connectivity index (χ2n) is 15.7. The maximum Gasteiger partial charge on any atom is 0.268 e. The minimum atomic E-state index is -4.39. The lowest BCUT2D eigenvalue weighted by molar-refractivity contribution is -0.870. The first-order valence-corrected chi connectivity index (χ1v) is 22.9. The number of quaternary nitrogens is 1. The lowest BCUT2D eigenvalue weighted by Gasteiger charge is -2.28. The molecule has 0 amide bonds. The molecule has 0 aromatic rings. The van der Waals surface area contributed by atoms with Crippen LogP contribution in [0.3, 0.4) is 0 Å². The van der Waals surface area contributed by atoms with Crippen molar-refractivity contribution in [3.05, 3.63) is 12.2 Å². The van der Waals surface area contributed by atoms with E-state index in [-0.39, 0.29) is 13.2 Å². The fourth-order valence-electron chi connectivity index (χ4n) is 6.00. The van der Waals surface area contributed by atoms with Crippen LogP contribution in [-0.2, 0) is 23.1 Å². The minimum absolute atomic E-state index is 0.0723. The van der Waals surface area contributed by atoms with Crippen LogP contribution in [0.4, 0.5) is 0 Å². The van der Waals surface area contributed by atoms with E-state index in [0.29, 0.717) is 30.8 Å². The summed E-state index contributed by atoms with van der Waals surface area (Å²) in [7, 11) is 1.60. The number of unbranched alkanes of at least 4 members (excludes halogenated alkanes) is 25. The van der Waals surface area contributed by atoms with E-state index in [1.54, 1.807) is 0 Å². The predicted octanol–water partition coefficient (Wildman–Crippen LogP) is 12.1. The first kappa shape index (κ1) is 49.7. The van der Waals surface area contributed by atoms with Gasteiger partial charge in [0.05, 0.1) is 34.4 Å². The van der Waals surface area contributed by atoms with Crippen molar-refractivity contribution in [3.8, 4) is 0 Å². The van der Waals surface area contributed by atoms with E-state index in [4.69, 9.17) is 18.5 Å². The minimum Gasteiger partial charge on any atom is -0.756 e. The van der Waals surface area contributed by atoms with Gasteiger partial charge in [0.25, 0.3) is 7.82 Å². The zero-order chi connectivity index (χ0) is 36.9. The molecule has 7 nitrogen and oxygen atoms in total. The summed E-state index contributed by atoms with van der Waals surface area (Å²) >= 11 is 0. The van der Waals surface area contributed by atoms with Gasteiger partial charge in [-0.25, -0.2) is 0 Å². The van der Waals surface area contributed by atoms with Crippen molar-refractivity contribution < 1.29 is 32.5 Å². The summed E-state index contributed by atoms with van der Waals surface area (Å²) in [6, 6.07) is 0. The smallest absolute Gasteiger partial charge is 0.268 e. The highest BCUT2D eigenvalue weighted by molar-refractivity contribution is 7.45. The van der Waals surface area contributed by atoms with E-state index in [2.05, 4.69) is 26.0 Å². The number of rotatable bonds is 41. The van der Waals surface area contributed by atoms with Gasteiger partial charge in [0.15, 0.2) is 0 Å². The molecule has 0 aliphatic carbocycles. The Morgan fingerprint density at radius 1 is 0.520 bits per heavy atom. The lowest BCUT2D eigenvalue weighted by atomic mass is 10.0. The van der Waals surface area contributed by atoms with Crippen molar-refractivity contribution in [1.29, 1.82) is 0 Å². The Morgan fingerprint density at radius 2 is 0.920 bits per heavy atom. The maximum absolute atomic E-state index is 12.4. The van der Waals surface area contributed by atoms with Gasteiger partial charge in [0, 0.05) is 13.2 Å². The van der Waals surface area contributed by atoms with Crippen LogP contribution in [0, 0.1) is 0 Å². The van der Waals surface area contributed by atoms with Crippen molar-refractivity contribution in [2.45, 2.75) is 200 Å². The Kier molecular flexibility index (Phi) is 36.9. The second kappa shape index (κ2) is 37.1. The molecule has 0 saturated heterocycles. The molecule has 0 rings (SSSR count). The molecule has 2 atom stereocenters. The highest BCUT2D eigenvalue weighted by Gasteiger charge is 2.18. The van der Waals surface area contributed by atoms with Gasteiger partial charge >= 0.3 is 0 Å². The molecule has 0 bridgehead atoms. The second-order valence-corrected chi connectivity index (χ2v) is 17.1. The zero-order valence-corrected chi connectivity index (χ0v) is 35.0. The van der Waals surface area contributed by atoms with Gasteiger partial charge in [-0.05, 0) is 38.5 Å². The summed E-state index contributed by atoms with van der Waals surface area (Å²) in [4.78, 5) is 12.4. The molecule has 0 aliphatic heterocycles. The van der Waals surface area contributed by atoms with Gasteiger partial charge in [0.1, 0.15) is 19.3 Å². The standard InChI is InChI=1S/C42H86NO6P/c1-6-8-10-12-14-16-18-20-22-23-24-26-28-30-32-34-37-46-40-42(41-49-50(44,45)48-39-36-43(3,4)5)47-38-35-33-31-29-27-25-21-19-17-15-13-11-9-7-2/h20,22,42H,6-19,21,23-41H2,1-5H3/b22-20-/t42-/m1/s1. The molecule has 0 spiro atoms. The molecule has 0 aromatic carbocycles. The Balaban J connectivity index is 4.09. The third kappa shape index (κ3) is 40.5. The van der Waals surface area contributed by atoms with Crippen LogP contribution in [0.1, 0.15) is 194 Å². The number of phosphoric acid groups is 1. The molecule has 0 N–H and O–H groups in total. The van der Waals surface area contributed by atoms with E-state index in [1.807, 2.05) is 21.1 Å². The van der Waals surface area contributed by atoms with Crippen LogP contribution in [0.5, 0.6) is 0 Å². The number of nitrogens with zero attached hydrogens (tertiary/aromatic N) is 1. The maximum atomic E-state index is 12.4. The van der Waals surface area contributed by atoms with Crippen molar-refractivity contribution in [2.75, 3.05) is 60.7 Å². The van der Waals surface area contributed by atoms with Crippen LogP contribution in [0.15, 0.2) is 12.2 Å². The fourth-order valence-corrected chi connectivity index (χ4v) is 6.72. The molecule has 1 unspecified atom stereocenters. The first-order chi connectivity index (χ1) is 24.2. The molecule has 0 aliphatic rings. The van der Waals surface area contributed by atoms with Crippen LogP contribution in [-0.4, -0.2) is 71.3 Å². The number of allylic oxidation sites excluding steroid dienone is 2. The average molecular weight is 732 g/mol. The summed E-state index contributed by atoms with van der Waals surface area (Å²) in [5.74, 6) is 0. The van der Waals surface area contributed by atoms with Gasteiger partial charge < -0.3 is 27.9 Å². The summed E-state index contributed by atoms with van der Waals surface area (Å²) in [5, 5.41) is 0. The van der Waals surface area contributed by atoms with Crippen molar-refractivity contribution in [2.24, 2.45) is 0 Å². The Hall–Kier alpha value is -0.270. The Labute approximate surface area is 312 Å². The number of ether oxygens (including phenoxy) is 2. The first-order valence-electron chi connectivity index (χ1n) is 21.4. The third-order valence-corrected chi connectivity index (χ3v) is 10.3. The molecule has 0 aromatic heterocycles. The van der Waals surface area contributed by atoms with Gasteiger partial charge in [-0.15, -0.1) is 0 Å². The normalized spacial score (nSPS) is 14.1. The van der Waals surface area contributed by atoms with Crippen LogP contribution >= 0.6 is 7.82 Å². The largest absolute Gasteiger partial charge is 0.756 e. The van der Waals surface area contributed by atoms with Crippen LogP contribution < -0.4 is 4.89 Å². The molecule has 0 radical (unpaired) electrons. The molecule has 0 saturated carbocycles. The van der Waals surface area contributed by atoms with Gasteiger partial charge in [-0.1, -0.05) is 167 Å². The van der Waals surface area contributed by atoms with Gasteiger partial charge in [0.2, 0.25) is 0 Å². The highest BCUT2D eigenvalue weighted by atomic mass is 31.2. The monoisotopic (exact) mass is 732 g/mol. The highest BCUT2D eigenvalue weighted by Crippen LogP contribution is 2.38. The summed E-state index contributed by atoms with van der Waals surface area (Å²) < 4.78 is 35.3. The van der Waals surface area contributed by atoms with Crippen molar-refractivity contribution in [1.82, 2.24) is 0 Å². The summed E-state index contributed by atoms with van der Waals surface area (Å²) in [5.41, 5.74) is 0. The molecular formula is C42H86NO6P. The Bertz CT molecular complexity index is 759. The Morgan fingerprint density at radius 3 is 1.36 bits per heavy atom. The fraction of sp³-hybridized carbons (Fsp3) is 0.952. The topological polar surface area (TPSA) is 77.1 Å². The summed E-state index contributed by atoms with van der Waals surface area (Å²) in [6.07, 6.45) is 40.7. The van der Waals surface area contributed by atoms with E-state index < -0.39 is 13.9 Å². The quantitative estimate of drug-likeness (QED) is 0.0270. The lowest BCUT2D eigenvalue weighted by Crippen LogP contribution is -2.37. The third-order valence-electron chi connectivity index (χ3n) is 9.39. The SMILES string of the molecule is CCCCCCCC/C=C\CCCCCCCCOC[C@H](COP(=O)([O-])OCC[N+](C)(C)C)OCCCCCCCCCCCCCCCC. The van der Waals surface area contributed by atoms with E-state index >= 15 is 0 Å². The number of hydrogen-bond donors (Lipinski definition) is 0. The van der Waals surface area contributed by atoms with Crippen molar-refractivity contribution >= 4 is 7.82 Å².